The van der Waals surface area contributed by atoms with Crippen molar-refractivity contribution < 1.29 is 14.7 Å². The van der Waals surface area contributed by atoms with Gasteiger partial charge in [-0.15, -0.1) is 0 Å². The fourth-order valence-electron chi connectivity index (χ4n) is 4.12. The van der Waals surface area contributed by atoms with Crippen LogP contribution in [0.1, 0.15) is 23.7 Å². The molecule has 0 amide bonds. The lowest BCUT2D eigenvalue weighted by Crippen LogP contribution is -2.23. The van der Waals surface area contributed by atoms with Gasteiger partial charge < -0.3 is 9.84 Å². The highest BCUT2D eigenvalue weighted by atomic mass is 16.7. The normalized spacial score (nSPS) is 19.5. The quantitative estimate of drug-likeness (QED) is 0.509. The Labute approximate surface area is 174 Å². The van der Waals surface area contributed by atoms with Gasteiger partial charge in [-0.3, -0.25) is 9.82 Å². The van der Waals surface area contributed by atoms with Gasteiger partial charge in [0.25, 0.3) is 0 Å². The molecule has 1 fully saturated rings. The molecular weight excluding hydrogens is 378 g/mol. The van der Waals surface area contributed by atoms with Crippen LogP contribution in [0.2, 0.25) is 0 Å². The Bertz CT molecular complexity index is 1200. The molecule has 6 heteroatoms. The second kappa shape index (κ2) is 7.99. The van der Waals surface area contributed by atoms with E-state index in [0.717, 1.165) is 38.8 Å². The summed E-state index contributed by atoms with van der Waals surface area (Å²) in [5.74, 6) is 0.814. The Morgan fingerprint density at radius 2 is 1.83 bits per heavy atom. The molecule has 0 radical (unpaired) electrons. The van der Waals surface area contributed by atoms with Crippen LogP contribution in [0.5, 0.6) is 5.75 Å². The molecule has 0 aliphatic carbocycles. The Balaban J connectivity index is 1.54. The Morgan fingerprint density at radius 3 is 2.67 bits per heavy atom. The van der Waals surface area contributed by atoms with Gasteiger partial charge in [0.15, 0.2) is 0 Å². The summed E-state index contributed by atoms with van der Waals surface area (Å²) >= 11 is 0. The van der Waals surface area contributed by atoms with Gasteiger partial charge in [-0.05, 0) is 18.2 Å². The van der Waals surface area contributed by atoms with Gasteiger partial charge in [0, 0.05) is 29.0 Å². The molecule has 2 atom stereocenters. The van der Waals surface area contributed by atoms with Crippen LogP contribution < -0.4 is 4.74 Å². The fraction of sp³-hybridized carbons (Fsp3) is 0.250. The van der Waals surface area contributed by atoms with E-state index < -0.39 is 0 Å². The van der Waals surface area contributed by atoms with E-state index in [0.29, 0.717) is 13.0 Å². The maximum absolute atomic E-state index is 9.72. The lowest BCUT2D eigenvalue weighted by molar-refractivity contribution is -0.178. The van der Waals surface area contributed by atoms with Crippen LogP contribution in [0.15, 0.2) is 66.9 Å². The predicted molar refractivity (Wildman–Crippen MR) is 115 cm³/mol. The van der Waals surface area contributed by atoms with Crippen LogP contribution in [0.25, 0.3) is 21.8 Å². The molecule has 1 N–H and O–H groups in total. The first kappa shape index (κ1) is 18.9. The number of aromatic nitrogens is 2. The number of aliphatic hydroxyl groups excluding tert-OH is 1. The molecule has 152 valence electrons. The van der Waals surface area contributed by atoms with Crippen molar-refractivity contribution >= 4 is 21.8 Å². The number of rotatable bonds is 5. The maximum Gasteiger partial charge on any atom is 0.123 e. The van der Waals surface area contributed by atoms with Crippen molar-refractivity contribution in [3.63, 3.8) is 0 Å². The smallest absolute Gasteiger partial charge is 0.123 e. The van der Waals surface area contributed by atoms with Gasteiger partial charge in [-0.25, -0.2) is 4.98 Å². The van der Waals surface area contributed by atoms with E-state index in [1.165, 1.54) is 0 Å². The zero-order chi connectivity index (χ0) is 20.5. The van der Waals surface area contributed by atoms with E-state index in [1.807, 2.05) is 47.5 Å². The number of nitrogens with zero attached hydrogens (tertiary/aromatic N) is 3. The largest absolute Gasteiger partial charge is 0.496 e. The number of hydroxylamine groups is 2. The molecule has 3 heterocycles. The van der Waals surface area contributed by atoms with Gasteiger partial charge in [0.2, 0.25) is 0 Å². The third-order valence-electron chi connectivity index (χ3n) is 5.64. The van der Waals surface area contributed by atoms with Crippen molar-refractivity contribution in [2.24, 2.45) is 0 Å². The average molecular weight is 401 g/mol. The molecule has 0 spiro atoms. The molecule has 2 aromatic carbocycles. The van der Waals surface area contributed by atoms with Crippen LogP contribution in [0.3, 0.4) is 0 Å². The molecule has 1 aliphatic heterocycles. The molecule has 0 unspecified atom stereocenters. The Morgan fingerprint density at radius 1 is 1.03 bits per heavy atom. The van der Waals surface area contributed by atoms with Gasteiger partial charge in [0.1, 0.15) is 11.9 Å². The zero-order valence-corrected chi connectivity index (χ0v) is 16.7. The highest BCUT2D eigenvalue weighted by Crippen LogP contribution is 2.36. The van der Waals surface area contributed by atoms with Crippen molar-refractivity contribution in [1.29, 1.82) is 0 Å². The van der Waals surface area contributed by atoms with Crippen molar-refractivity contribution in [3.05, 3.63) is 78.1 Å². The third-order valence-corrected chi connectivity index (χ3v) is 5.64. The van der Waals surface area contributed by atoms with Crippen LogP contribution >= 0.6 is 0 Å². The van der Waals surface area contributed by atoms with E-state index in [9.17, 15) is 5.11 Å². The van der Waals surface area contributed by atoms with Gasteiger partial charge in [-0.2, -0.15) is 5.06 Å². The first-order valence-corrected chi connectivity index (χ1v) is 10.1. The minimum Gasteiger partial charge on any atom is -0.496 e. The molecule has 5 rings (SSSR count). The molecule has 0 bridgehead atoms. The summed E-state index contributed by atoms with van der Waals surface area (Å²) in [7, 11) is 1.67. The SMILES string of the molecule is COc1ccccc1CN1O[C@H](CO)C[C@@H]1c1ccc2ccc3cccnc3c2n1. The Hall–Kier alpha value is -3.06. The predicted octanol–water partition coefficient (Wildman–Crippen LogP) is 4.03. The summed E-state index contributed by atoms with van der Waals surface area (Å²) < 4.78 is 5.50. The molecule has 1 saturated heterocycles. The van der Waals surface area contributed by atoms with E-state index in [2.05, 4.69) is 23.2 Å². The summed E-state index contributed by atoms with van der Waals surface area (Å²) in [6.45, 7) is 0.510. The number of para-hydroxylation sites is 1. The number of ether oxygens (including phenoxy) is 1. The topological polar surface area (TPSA) is 67.7 Å². The summed E-state index contributed by atoms with van der Waals surface area (Å²) in [5.41, 5.74) is 3.71. The molecule has 4 aromatic rings. The Kier molecular flexibility index (Phi) is 5.04. The summed E-state index contributed by atoms with van der Waals surface area (Å²) in [6, 6.07) is 20.1. The van der Waals surface area contributed by atoms with Gasteiger partial charge in [-0.1, -0.05) is 42.5 Å². The minimum absolute atomic E-state index is 0.0308. The molecule has 1 aliphatic rings. The van der Waals surface area contributed by atoms with Gasteiger partial charge in [0.05, 0.1) is 43.0 Å². The van der Waals surface area contributed by atoms with Crippen LogP contribution in [-0.2, 0) is 11.4 Å². The number of hydrogen-bond donors (Lipinski definition) is 1. The molecule has 2 aromatic heterocycles. The maximum atomic E-state index is 9.72. The average Bonchev–Trinajstić information content (AvgIpc) is 3.22. The number of fused-ring (bicyclic) bond motifs is 3. The van der Waals surface area contributed by atoms with Crippen molar-refractivity contribution in [1.82, 2.24) is 15.0 Å². The molecule has 0 saturated carbocycles. The number of methoxy groups -OCH3 is 1. The number of benzene rings is 2. The summed E-state index contributed by atoms with van der Waals surface area (Å²) in [4.78, 5) is 15.6. The fourth-order valence-corrected chi connectivity index (χ4v) is 4.12. The first-order valence-electron chi connectivity index (χ1n) is 10.1. The van der Waals surface area contributed by atoms with Crippen molar-refractivity contribution in [2.45, 2.75) is 25.1 Å². The van der Waals surface area contributed by atoms with Crippen LogP contribution in [-0.4, -0.2) is 40.0 Å². The first-order chi connectivity index (χ1) is 14.8. The zero-order valence-electron chi connectivity index (χ0n) is 16.7. The number of pyridine rings is 2. The van der Waals surface area contributed by atoms with Gasteiger partial charge >= 0.3 is 0 Å². The monoisotopic (exact) mass is 401 g/mol. The van der Waals surface area contributed by atoms with Crippen molar-refractivity contribution in [2.75, 3.05) is 13.7 Å². The minimum atomic E-state index is -0.257. The van der Waals surface area contributed by atoms with E-state index in [1.54, 1.807) is 13.3 Å². The summed E-state index contributed by atoms with van der Waals surface area (Å²) in [6.07, 6.45) is 2.21. The number of hydrogen-bond acceptors (Lipinski definition) is 6. The van der Waals surface area contributed by atoms with E-state index >= 15 is 0 Å². The standard InChI is InChI=1S/C24H23N3O3/c1-29-22-7-3-2-5-18(22)14-27-21(13-19(15-28)30-27)20-11-10-17-9-8-16-6-4-12-25-23(16)24(17)26-20/h2-12,19,21,28H,13-15H2,1H3/t19-,21+/m0/s1. The second-order valence-electron chi connectivity index (χ2n) is 7.50. The lowest BCUT2D eigenvalue weighted by Gasteiger charge is -2.23. The number of aliphatic hydroxyl groups is 1. The van der Waals surface area contributed by atoms with E-state index in [4.69, 9.17) is 14.6 Å². The summed E-state index contributed by atoms with van der Waals surface area (Å²) in [5, 5.41) is 13.8. The molecule has 30 heavy (non-hydrogen) atoms. The third kappa shape index (κ3) is 3.39. The molecular formula is C24H23N3O3. The second-order valence-corrected chi connectivity index (χ2v) is 7.50. The lowest BCUT2D eigenvalue weighted by atomic mass is 10.0. The molecule has 6 nitrogen and oxygen atoms in total. The van der Waals surface area contributed by atoms with Crippen LogP contribution in [0, 0.1) is 0 Å². The highest BCUT2D eigenvalue weighted by Gasteiger charge is 2.35. The van der Waals surface area contributed by atoms with Crippen LogP contribution in [0.4, 0.5) is 0 Å². The van der Waals surface area contributed by atoms with E-state index in [-0.39, 0.29) is 18.8 Å². The highest BCUT2D eigenvalue weighted by molar-refractivity contribution is 6.02. The van der Waals surface area contributed by atoms with Crippen molar-refractivity contribution in [3.8, 4) is 5.75 Å².